The van der Waals surface area contributed by atoms with E-state index in [1.807, 2.05) is 23.7 Å². The van der Waals surface area contributed by atoms with Crippen LogP contribution in [-0.4, -0.2) is 26.7 Å². The summed E-state index contributed by atoms with van der Waals surface area (Å²) in [4.78, 5) is 16.9. The van der Waals surface area contributed by atoms with Gasteiger partial charge in [-0.3, -0.25) is 14.5 Å². The second kappa shape index (κ2) is 9.74. The largest absolute Gasteiger partial charge is 0.416 e. The van der Waals surface area contributed by atoms with Crippen molar-refractivity contribution < 1.29 is 18.0 Å². The zero-order valence-electron chi connectivity index (χ0n) is 18.3. The van der Waals surface area contributed by atoms with Crippen molar-refractivity contribution in [3.63, 3.8) is 0 Å². The van der Waals surface area contributed by atoms with E-state index < -0.39 is 11.7 Å². The average molecular weight is 458 g/mol. The number of fused-ring (bicyclic) bond motifs is 1. The third-order valence-corrected chi connectivity index (χ3v) is 5.94. The number of aryl methyl sites for hydroxylation is 1. The van der Waals surface area contributed by atoms with Gasteiger partial charge in [-0.2, -0.15) is 18.3 Å². The van der Waals surface area contributed by atoms with Crippen LogP contribution in [0, 0.1) is 0 Å². The molecule has 4 rings (SSSR count). The molecule has 33 heavy (non-hydrogen) atoms. The quantitative estimate of drug-likeness (QED) is 0.565. The van der Waals surface area contributed by atoms with E-state index in [0.717, 1.165) is 47.4 Å². The molecule has 2 N–H and O–H groups in total. The zero-order valence-corrected chi connectivity index (χ0v) is 18.3. The second-order valence-electron chi connectivity index (χ2n) is 8.14. The van der Waals surface area contributed by atoms with Crippen LogP contribution in [0.4, 0.5) is 13.2 Å². The summed E-state index contributed by atoms with van der Waals surface area (Å²) >= 11 is 0. The van der Waals surface area contributed by atoms with Gasteiger partial charge >= 0.3 is 6.18 Å². The molecule has 2 heterocycles. The van der Waals surface area contributed by atoms with Gasteiger partial charge in [0.05, 0.1) is 5.56 Å². The molecule has 1 atom stereocenters. The summed E-state index contributed by atoms with van der Waals surface area (Å²) in [6, 6.07) is 9.01. The van der Waals surface area contributed by atoms with E-state index in [1.54, 1.807) is 12.4 Å². The van der Waals surface area contributed by atoms with Crippen molar-refractivity contribution in [1.82, 2.24) is 25.4 Å². The summed E-state index contributed by atoms with van der Waals surface area (Å²) in [5.41, 5.74) is 3.57. The zero-order chi connectivity index (χ0) is 23.4. The number of alkyl halides is 3. The molecule has 0 aliphatic heterocycles. The molecule has 3 aromatic rings. The van der Waals surface area contributed by atoms with E-state index in [4.69, 9.17) is 0 Å². The molecule has 1 amide bonds. The van der Waals surface area contributed by atoms with E-state index in [-0.39, 0.29) is 11.9 Å². The fraction of sp³-hybridized carbons (Fsp3) is 0.375. The van der Waals surface area contributed by atoms with E-state index >= 15 is 0 Å². The van der Waals surface area contributed by atoms with Gasteiger partial charge in [-0.25, -0.2) is 0 Å². The van der Waals surface area contributed by atoms with Crippen LogP contribution in [0.2, 0.25) is 0 Å². The van der Waals surface area contributed by atoms with Crippen molar-refractivity contribution in [3.8, 4) is 0 Å². The number of pyridine rings is 1. The van der Waals surface area contributed by atoms with Crippen molar-refractivity contribution >= 4 is 5.91 Å². The normalized spacial score (nSPS) is 15.8. The second-order valence-corrected chi connectivity index (χ2v) is 8.14. The predicted octanol–water partition coefficient (Wildman–Crippen LogP) is 3.89. The molecule has 0 bridgehead atoms. The summed E-state index contributed by atoms with van der Waals surface area (Å²) in [7, 11) is 0. The molecule has 174 valence electrons. The van der Waals surface area contributed by atoms with Crippen molar-refractivity contribution in [1.29, 1.82) is 0 Å². The highest BCUT2D eigenvalue weighted by Crippen LogP contribution is 2.29. The van der Waals surface area contributed by atoms with Gasteiger partial charge in [-0.15, -0.1) is 0 Å². The molecule has 0 saturated carbocycles. The fourth-order valence-corrected chi connectivity index (χ4v) is 4.15. The highest BCUT2D eigenvalue weighted by atomic mass is 19.4. The van der Waals surface area contributed by atoms with Gasteiger partial charge in [-0.05, 0) is 61.6 Å². The lowest BCUT2D eigenvalue weighted by Gasteiger charge is -2.24. The summed E-state index contributed by atoms with van der Waals surface area (Å²) in [6.45, 7) is 3.54. The molecular weight excluding hydrogens is 431 g/mol. The lowest BCUT2D eigenvalue weighted by Crippen LogP contribution is -2.35. The molecule has 2 aromatic heterocycles. The maximum absolute atomic E-state index is 12.9. The summed E-state index contributed by atoms with van der Waals surface area (Å²) in [6.07, 6.45) is 1.34. The summed E-state index contributed by atoms with van der Waals surface area (Å²) in [5, 5.41) is 10.9. The van der Waals surface area contributed by atoms with E-state index in [9.17, 15) is 18.0 Å². The molecule has 1 aliphatic rings. The molecule has 0 saturated heterocycles. The Balaban J connectivity index is 1.41. The standard InChI is InChI=1S/C24H26F3N5O/c1-2-32-21-8-7-19(29-14-16-3-5-18(6-4-16)24(25,26)27)13-20(21)22(31-32)23(33)30-15-17-9-11-28-12-10-17/h3-6,9-12,19,29H,2,7-8,13-15H2,1H3,(H,30,33). The van der Waals surface area contributed by atoms with Crippen molar-refractivity contribution in [2.45, 2.75) is 58.0 Å². The lowest BCUT2D eigenvalue weighted by molar-refractivity contribution is -0.137. The molecule has 6 nitrogen and oxygen atoms in total. The number of benzene rings is 1. The van der Waals surface area contributed by atoms with Crippen molar-refractivity contribution in [3.05, 3.63) is 82.4 Å². The van der Waals surface area contributed by atoms with Gasteiger partial charge in [0.15, 0.2) is 5.69 Å². The van der Waals surface area contributed by atoms with Crippen LogP contribution in [0.25, 0.3) is 0 Å². The fourth-order valence-electron chi connectivity index (χ4n) is 4.15. The number of nitrogens with zero attached hydrogens (tertiary/aromatic N) is 3. The summed E-state index contributed by atoms with van der Waals surface area (Å²) in [5.74, 6) is -0.210. The van der Waals surface area contributed by atoms with Gasteiger partial charge < -0.3 is 10.6 Å². The monoisotopic (exact) mass is 457 g/mol. The smallest absolute Gasteiger partial charge is 0.347 e. The van der Waals surface area contributed by atoms with E-state index in [0.29, 0.717) is 31.7 Å². The van der Waals surface area contributed by atoms with Gasteiger partial charge in [0.2, 0.25) is 0 Å². The van der Waals surface area contributed by atoms with Gasteiger partial charge in [0.25, 0.3) is 5.91 Å². The Morgan fingerprint density at radius 2 is 1.79 bits per heavy atom. The number of hydrogen-bond donors (Lipinski definition) is 2. The average Bonchev–Trinajstić information content (AvgIpc) is 3.20. The highest BCUT2D eigenvalue weighted by Gasteiger charge is 2.30. The first-order valence-electron chi connectivity index (χ1n) is 11.0. The molecule has 1 aromatic carbocycles. The number of carbonyl (C=O) groups is 1. The van der Waals surface area contributed by atoms with Crippen LogP contribution in [0.15, 0.2) is 48.8 Å². The first-order chi connectivity index (χ1) is 15.8. The van der Waals surface area contributed by atoms with Crippen LogP contribution in [0.1, 0.15) is 51.8 Å². The first kappa shape index (κ1) is 23.0. The van der Waals surface area contributed by atoms with Gasteiger partial charge in [-0.1, -0.05) is 12.1 Å². The molecule has 0 fully saturated rings. The predicted molar refractivity (Wildman–Crippen MR) is 117 cm³/mol. The Bertz CT molecular complexity index is 1090. The number of rotatable bonds is 7. The summed E-state index contributed by atoms with van der Waals surface area (Å²) < 4.78 is 40.2. The SMILES string of the molecule is CCn1nc(C(=O)NCc2ccncc2)c2c1CCC(NCc1ccc(C(F)(F)F)cc1)C2. The third-order valence-electron chi connectivity index (χ3n) is 5.94. The Hall–Kier alpha value is -3.20. The van der Waals surface area contributed by atoms with Gasteiger partial charge in [0.1, 0.15) is 0 Å². The number of aromatic nitrogens is 3. The van der Waals surface area contributed by atoms with Crippen LogP contribution >= 0.6 is 0 Å². The Labute approximate surface area is 190 Å². The maximum atomic E-state index is 12.9. The third kappa shape index (κ3) is 5.42. The van der Waals surface area contributed by atoms with Crippen molar-refractivity contribution in [2.75, 3.05) is 0 Å². The van der Waals surface area contributed by atoms with Crippen LogP contribution in [0.3, 0.4) is 0 Å². The number of hydrogen-bond acceptors (Lipinski definition) is 4. The number of nitrogens with one attached hydrogen (secondary N) is 2. The van der Waals surface area contributed by atoms with Crippen LogP contribution in [0.5, 0.6) is 0 Å². The molecule has 0 spiro atoms. The minimum absolute atomic E-state index is 0.112. The number of amides is 1. The molecule has 0 radical (unpaired) electrons. The molecule has 1 aliphatic carbocycles. The number of halogens is 3. The Morgan fingerprint density at radius 1 is 1.09 bits per heavy atom. The van der Waals surface area contributed by atoms with E-state index in [2.05, 4.69) is 20.7 Å². The van der Waals surface area contributed by atoms with Crippen molar-refractivity contribution in [2.24, 2.45) is 0 Å². The Kier molecular flexibility index (Phi) is 6.78. The highest BCUT2D eigenvalue weighted by molar-refractivity contribution is 5.94. The molecule has 1 unspecified atom stereocenters. The van der Waals surface area contributed by atoms with Crippen LogP contribution in [-0.2, 0) is 38.7 Å². The first-order valence-corrected chi connectivity index (χ1v) is 11.0. The van der Waals surface area contributed by atoms with E-state index in [1.165, 1.54) is 12.1 Å². The topological polar surface area (TPSA) is 71.8 Å². The Morgan fingerprint density at radius 3 is 2.45 bits per heavy atom. The lowest BCUT2D eigenvalue weighted by atomic mass is 9.91. The van der Waals surface area contributed by atoms with Crippen LogP contribution < -0.4 is 10.6 Å². The molecule has 9 heteroatoms. The number of carbonyl (C=O) groups excluding carboxylic acids is 1. The molecular formula is C24H26F3N5O. The van der Waals surface area contributed by atoms with Gasteiger partial charge in [0, 0.05) is 49.3 Å². The minimum atomic E-state index is -4.33. The minimum Gasteiger partial charge on any atom is -0.347 e. The maximum Gasteiger partial charge on any atom is 0.416 e.